The van der Waals surface area contributed by atoms with E-state index in [-0.39, 0.29) is 23.3 Å². The maximum Gasteiger partial charge on any atom is 0.253 e. The van der Waals surface area contributed by atoms with E-state index in [9.17, 15) is 9.59 Å². The molecule has 0 saturated heterocycles. The third-order valence-electron chi connectivity index (χ3n) is 4.57. The number of hydrogen-bond donors (Lipinski definition) is 2. The molecule has 136 valence electrons. The molecule has 0 atom stereocenters. The molecule has 4 nitrogen and oxygen atoms in total. The second-order valence-corrected chi connectivity index (χ2v) is 7.82. The van der Waals surface area contributed by atoms with Crippen molar-refractivity contribution >= 4 is 29.1 Å². The summed E-state index contributed by atoms with van der Waals surface area (Å²) in [4.78, 5) is 24.8. The van der Waals surface area contributed by atoms with Gasteiger partial charge in [0.2, 0.25) is 5.91 Å². The molecule has 3 rings (SSSR count). The van der Waals surface area contributed by atoms with Crippen LogP contribution in [0.2, 0.25) is 5.02 Å². The summed E-state index contributed by atoms with van der Waals surface area (Å²) < 4.78 is 0. The van der Waals surface area contributed by atoms with Crippen molar-refractivity contribution in [1.82, 2.24) is 5.32 Å². The fourth-order valence-electron chi connectivity index (χ4n) is 2.87. The number of amides is 2. The van der Waals surface area contributed by atoms with Crippen LogP contribution in [-0.2, 0) is 10.2 Å². The van der Waals surface area contributed by atoms with Gasteiger partial charge < -0.3 is 10.6 Å². The van der Waals surface area contributed by atoms with Crippen LogP contribution in [0.5, 0.6) is 0 Å². The molecule has 0 aliphatic heterocycles. The fraction of sp³-hybridized carbons (Fsp3) is 0.333. The van der Waals surface area contributed by atoms with Crippen LogP contribution in [0, 0.1) is 0 Å². The molecule has 0 unspecified atom stereocenters. The Hall–Kier alpha value is -2.33. The molecule has 5 heteroatoms. The summed E-state index contributed by atoms with van der Waals surface area (Å²) in [5.41, 5.74) is 1.78. The Balaban J connectivity index is 1.68. The quantitative estimate of drug-likeness (QED) is 0.784. The van der Waals surface area contributed by atoms with Crippen LogP contribution < -0.4 is 10.6 Å². The van der Waals surface area contributed by atoms with Crippen LogP contribution in [-0.4, -0.2) is 17.9 Å². The van der Waals surface area contributed by atoms with Crippen LogP contribution in [0.3, 0.4) is 0 Å². The van der Waals surface area contributed by atoms with Crippen molar-refractivity contribution in [1.29, 1.82) is 0 Å². The van der Waals surface area contributed by atoms with Gasteiger partial charge in [-0.3, -0.25) is 9.59 Å². The van der Waals surface area contributed by atoms with Gasteiger partial charge in [-0.05, 0) is 42.0 Å². The lowest BCUT2D eigenvalue weighted by atomic mass is 9.81. The van der Waals surface area contributed by atoms with Gasteiger partial charge in [0.05, 0.1) is 10.6 Å². The van der Waals surface area contributed by atoms with Crippen molar-refractivity contribution < 1.29 is 9.59 Å². The first-order valence-electron chi connectivity index (χ1n) is 8.81. The summed E-state index contributed by atoms with van der Waals surface area (Å²) >= 11 is 6.14. The molecule has 2 aromatic carbocycles. The first-order valence-corrected chi connectivity index (χ1v) is 9.19. The Morgan fingerprint density at radius 2 is 1.81 bits per heavy atom. The Bertz CT molecular complexity index is 814. The van der Waals surface area contributed by atoms with Crippen LogP contribution in [0.1, 0.15) is 49.0 Å². The van der Waals surface area contributed by atoms with E-state index >= 15 is 0 Å². The molecule has 0 aromatic heterocycles. The Morgan fingerprint density at radius 3 is 2.46 bits per heavy atom. The predicted molar refractivity (Wildman–Crippen MR) is 105 cm³/mol. The average molecular weight is 371 g/mol. The number of halogens is 1. The summed E-state index contributed by atoms with van der Waals surface area (Å²) in [6.07, 6.45) is 2.35. The first kappa shape index (κ1) is 18.5. The highest BCUT2D eigenvalue weighted by Crippen LogP contribution is 2.28. The topological polar surface area (TPSA) is 58.2 Å². The standard InChI is InChI=1S/C21H23ClN2O2/c1-21(2,14-6-4-3-5-7-14)13-19(25)23-16-10-11-18(22)17(12-16)20(26)24-15-8-9-15/h3-7,10-12,15H,8-9,13H2,1-2H3,(H,23,25)(H,24,26). The molecule has 0 bridgehead atoms. The zero-order valence-corrected chi connectivity index (χ0v) is 15.8. The number of nitrogens with one attached hydrogen (secondary N) is 2. The summed E-state index contributed by atoms with van der Waals surface area (Å²) in [7, 11) is 0. The second kappa shape index (κ2) is 7.50. The molecule has 0 radical (unpaired) electrons. The van der Waals surface area contributed by atoms with Crippen LogP contribution in [0.25, 0.3) is 0 Å². The smallest absolute Gasteiger partial charge is 0.253 e. The van der Waals surface area contributed by atoms with Gasteiger partial charge >= 0.3 is 0 Å². The molecule has 2 aromatic rings. The predicted octanol–water partition coefficient (Wildman–Crippen LogP) is 4.54. The van der Waals surface area contributed by atoms with E-state index in [0.717, 1.165) is 18.4 Å². The van der Waals surface area contributed by atoms with Gasteiger partial charge in [0.15, 0.2) is 0 Å². The van der Waals surface area contributed by atoms with E-state index in [1.165, 1.54) is 0 Å². The van der Waals surface area contributed by atoms with Crippen molar-refractivity contribution in [3.8, 4) is 0 Å². The summed E-state index contributed by atoms with van der Waals surface area (Å²) in [5.74, 6) is -0.298. The van der Waals surface area contributed by atoms with Gasteiger partial charge in [0.1, 0.15) is 0 Å². The minimum Gasteiger partial charge on any atom is -0.349 e. The number of benzene rings is 2. The lowest BCUT2D eigenvalue weighted by molar-refractivity contribution is -0.117. The molecule has 2 amide bonds. The molecular formula is C21H23ClN2O2. The molecule has 1 fully saturated rings. The van der Waals surface area contributed by atoms with E-state index in [1.54, 1.807) is 18.2 Å². The van der Waals surface area contributed by atoms with Crippen LogP contribution in [0.4, 0.5) is 5.69 Å². The SMILES string of the molecule is CC(C)(CC(=O)Nc1ccc(Cl)c(C(=O)NC2CC2)c1)c1ccccc1. The maximum absolute atomic E-state index is 12.5. The molecular weight excluding hydrogens is 348 g/mol. The van der Waals surface area contributed by atoms with Crippen molar-refractivity contribution in [3.63, 3.8) is 0 Å². The molecule has 26 heavy (non-hydrogen) atoms. The van der Waals surface area contributed by atoms with Gasteiger partial charge in [0.25, 0.3) is 5.91 Å². The minimum atomic E-state index is -0.288. The van der Waals surface area contributed by atoms with Gasteiger partial charge in [0, 0.05) is 18.2 Å². The molecule has 1 aliphatic rings. The highest BCUT2D eigenvalue weighted by Gasteiger charge is 2.26. The first-order chi connectivity index (χ1) is 12.3. The summed E-state index contributed by atoms with van der Waals surface area (Å²) in [6.45, 7) is 4.08. The third kappa shape index (κ3) is 4.64. The minimum absolute atomic E-state index is 0.102. The molecule has 1 aliphatic carbocycles. The van der Waals surface area contributed by atoms with E-state index in [1.807, 2.05) is 44.2 Å². The lowest BCUT2D eigenvalue weighted by Crippen LogP contribution is -2.27. The number of carbonyl (C=O) groups is 2. The van der Waals surface area contributed by atoms with Crippen LogP contribution in [0.15, 0.2) is 48.5 Å². The number of hydrogen-bond acceptors (Lipinski definition) is 2. The molecule has 1 saturated carbocycles. The highest BCUT2D eigenvalue weighted by atomic mass is 35.5. The highest BCUT2D eigenvalue weighted by molar-refractivity contribution is 6.34. The molecule has 2 N–H and O–H groups in total. The fourth-order valence-corrected chi connectivity index (χ4v) is 3.07. The van der Waals surface area contributed by atoms with Gasteiger partial charge in [-0.1, -0.05) is 55.8 Å². The largest absolute Gasteiger partial charge is 0.349 e. The molecule has 0 heterocycles. The van der Waals surface area contributed by atoms with Gasteiger partial charge in [-0.25, -0.2) is 0 Å². The van der Waals surface area contributed by atoms with E-state index in [4.69, 9.17) is 11.6 Å². The van der Waals surface area contributed by atoms with E-state index in [0.29, 0.717) is 22.7 Å². The van der Waals surface area contributed by atoms with Crippen molar-refractivity contribution in [2.24, 2.45) is 0 Å². The number of anilines is 1. The van der Waals surface area contributed by atoms with Gasteiger partial charge in [-0.2, -0.15) is 0 Å². The van der Waals surface area contributed by atoms with Crippen LogP contribution >= 0.6 is 11.6 Å². The normalized spacial score (nSPS) is 14.0. The van der Waals surface area contributed by atoms with Crippen molar-refractivity contribution in [2.75, 3.05) is 5.32 Å². The summed E-state index contributed by atoms with van der Waals surface area (Å²) in [6, 6.07) is 15.2. The average Bonchev–Trinajstić information content (AvgIpc) is 3.41. The number of carbonyl (C=O) groups excluding carboxylic acids is 2. The van der Waals surface area contributed by atoms with Crippen molar-refractivity contribution in [3.05, 3.63) is 64.7 Å². The van der Waals surface area contributed by atoms with Gasteiger partial charge in [-0.15, -0.1) is 0 Å². The Labute approximate surface area is 158 Å². The lowest BCUT2D eigenvalue weighted by Gasteiger charge is -2.24. The monoisotopic (exact) mass is 370 g/mol. The second-order valence-electron chi connectivity index (χ2n) is 7.42. The van der Waals surface area contributed by atoms with E-state index in [2.05, 4.69) is 10.6 Å². The Morgan fingerprint density at radius 1 is 1.12 bits per heavy atom. The van der Waals surface area contributed by atoms with E-state index < -0.39 is 0 Å². The van der Waals surface area contributed by atoms with Crippen molar-refractivity contribution in [2.45, 2.75) is 44.6 Å². The third-order valence-corrected chi connectivity index (χ3v) is 4.89. The maximum atomic E-state index is 12.5. The number of rotatable bonds is 6. The zero-order valence-electron chi connectivity index (χ0n) is 15.0. The molecule has 0 spiro atoms. The summed E-state index contributed by atoms with van der Waals surface area (Å²) in [5, 5.41) is 6.18. The zero-order chi connectivity index (χ0) is 18.7. The Kier molecular flexibility index (Phi) is 5.33.